The number of rotatable bonds is 7. The van der Waals surface area contributed by atoms with Gasteiger partial charge in [0, 0.05) is 16.9 Å². The van der Waals surface area contributed by atoms with E-state index >= 15 is 0 Å². The van der Waals surface area contributed by atoms with Crippen LogP contribution in [0.15, 0.2) is 200 Å². The summed E-state index contributed by atoms with van der Waals surface area (Å²) in [6.45, 7) is 9.69. The number of hydrogen-bond donors (Lipinski definition) is 0. The molecule has 0 unspecified atom stereocenters. The van der Waals surface area contributed by atoms with Crippen LogP contribution in [0.2, 0.25) is 0 Å². The molecule has 8 aromatic carbocycles. The first-order valence-electron chi connectivity index (χ1n) is 20.8. The molecule has 0 saturated carbocycles. The summed E-state index contributed by atoms with van der Waals surface area (Å²) in [6, 6.07) is 74.4. The maximum Gasteiger partial charge on any atom is 0.0714 e. The van der Waals surface area contributed by atoms with Gasteiger partial charge in [-0.15, -0.1) is 0 Å². The fraction of sp³-hybridized carbons (Fsp3) is 0.158. The molecule has 0 fully saturated rings. The molecule has 0 heterocycles. The Labute approximate surface area is 344 Å². The van der Waals surface area contributed by atoms with Gasteiger partial charge in [-0.25, -0.2) is 0 Å². The molecule has 0 radical (unpaired) electrons. The van der Waals surface area contributed by atoms with Crippen LogP contribution in [0.4, 0.5) is 17.1 Å². The molecule has 282 valence electrons. The van der Waals surface area contributed by atoms with Gasteiger partial charge in [0.1, 0.15) is 0 Å². The van der Waals surface area contributed by atoms with E-state index in [-0.39, 0.29) is 10.8 Å². The summed E-state index contributed by atoms with van der Waals surface area (Å²) in [5, 5.41) is 0. The molecule has 1 nitrogen and oxygen atoms in total. The molecule has 58 heavy (non-hydrogen) atoms. The van der Waals surface area contributed by atoms with Crippen molar-refractivity contribution < 1.29 is 0 Å². The van der Waals surface area contributed by atoms with Crippen LogP contribution < -0.4 is 4.90 Å². The number of para-hydroxylation sites is 2. The van der Waals surface area contributed by atoms with E-state index in [2.05, 4.69) is 233 Å². The number of anilines is 3. The Kier molecular flexibility index (Phi) is 8.61. The third kappa shape index (κ3) is 5.67. The van der Waals surface area contributed by atoms with Gasteiger partial charge in [-0.3, -0.25) is 0 Å². The molecule has 0 N–H and O–H groups in total. The smallest absolute Gasteiger partial charge is 0.0714 e. The van der Waals surface area contributed by atoms with E-state index in [1.807, 2.05) is 0 Å². The molecule has 0 aliphatic heterocycles. The molecular formula is C57H49N. The Bertz CT molecular complexity index is 2670. The zero-order valence-corrected chi connectivity index (χ0v) is 33.9. The van der Waals surface area contributed by atoms with Gasteiger partial charge in [-0.1, -0.05) is 191 Å². The first kappa shape index (κ1) is 35.9. The zero-order chi connectivity index (χ0) is 39.5. The van der Waals surface area contributed by atoms with Gasteiger partial charge >= 0.3 is 0 Å². The minimum atomic E-state index is -0.516. The normalized spacial score (nSPS) is 15.5. The van der Waals surface area contributed by atoms with Crippen molar-refractivity contribution in [3.8, 4) is 33.4 Å². The average molecular weight is 748 g/mol. The minimum Gasteiger partial charge on any atom is -0.310 e. The van der Waals surface area contributed by atoms with Crippen LogP contribution in [0.3, 0.4) is 0 Å². The Morgan fingerprint density at radius 3 is 1.41 bits per heavy atom. The Balaban J connectivity index is 1.25. The second kappa shape index (κ2) is 13.9. The topological polar surface area (TPSA) is 3.24 Å². The first-order valence-corrected chi connectivity index (χ1v) is 20.8. The van der Waals surface area contributed by atoms with E-state index in [4.69, 9.17) is 0 Å². The summed E-state index contributed by atoms with van der Waals surface area (Å²) in [7, 11) is 0. The van der Waals surface area contributed by atoms with Gasteiger partial charge < -0.3 is 4.90 Å². The third-order valence-corrected chi connectivity index (χ3v) is 13.2. The maximum absolute atomic E-state index is 2.51. The fourth-order valence-electron chi connectivity index (χ4n) is 10.3. The van der Waals surface area contributed by atoms with Crippen LogP contribution in [0, 0.1) is 0 Å². The number of fused-ring (bicyclic) bond motifs is 4. The van der Waals surface area contributed by atoms with Crippen molar-refractivity contribution in [2.75, 3.05) is 4.90 Å². The molecule has 0 atom stereocenters. The van der Waals surface area contributed by atoms with Gasteiger partial charge in [0.15, 0.2) is 0 Å². The van der Waals surface area contributed by atoms with Crippen molar-refractivity contribution in [2.45, 2.75) is 56.8 Å². The summed E-state index contributed by atoms with van der Waals surface area (Å²) in [5.74, 6) is 0. The fourth-order valence-corrected chi connectivity index (χ4v) is 10.3. The van der Waals surface area contributed by atoms with Crippen LogP contribution >= 0.6 is 0 Å². The Hall–Kier alpha value is -6.44. The Morgan fingerprint density at radius 1 is 0.362 bits per heavy atom. The predicted octanol–water partition coefficient (Wildman–Crippen LogP) is 15.2. The highest BCUT2D eigenvalue weighted by Gasteiger charge is 2.47. The molecule has 0 spiro atoms. The summed E-state index contributed by atoms with van der Waals surface area (Å²) in [5.41, 5.74) is 18.8. The van der Waals surface area contributed by atoms with Gasteiger partial charge in [0.25, 0.3) is 0 Å². The second-order valence-corrected chi connectivity index (χ2v) is 17.5. The molecule has 1 heteroatoms. The highest BCUT2D eigenvalue weighted by Crippen LogP contribution is 2.59. The lowest BCUT2D eigenvalue weighted by Gasteiger charge is -2.43. The number of benzene rings is 8. The van der Waals surface area contributed by atoms with E-state index in [1.165, 1.54) is 79.6 Å². The molecular weight excluding hydrogens is 699 g/mol. The summed E-state index contributed by atoms with van der Waals surface area (Å²) < 4.78 is 0. The van der Waals surface area contributed by atoms with Crippen LogP contribution in [-0.2, 0) is 16.2 Å². The quantitative estimate of drug-likeness (QED) is 0.157. The monoisotopic (exact) mass is 747 g/mol. The maximum atomic E-state index is 2.51. The standard InChI is InChI=1S/C57H49N/c1-55(2)36-37-56(3,4)54-46(29-19-31-51(54)55)40-32-34-41(35-33-40)48-38-49-47-28-17-18-30-50(47)57(42-20-9-5-10-21-42,43-22-11-6-12-23-43)52(49)39-53(48)58(44-24-13-7-14-25-44)45-26-15-8-16-27-45/h5-35,38-39H,36-37H2,1-4H3. The molecule has 2 aliphatic rings. The Morgan fingerprint density at radius 2 is 0.828 bits per heavy atom. The third-order valence-electron chi connectivity index (χ3n) is 13.2. The van der Waals surface area contributed by atoms with Crippen molar-refractivity contribution in [2.24, 2.45) is 0 Å². The lowest BCUT2D eigenvalue weighted by molar-refractivity contribution is 0.333. The molecule has 0 saturated heterocycles. The second-order valence-electron chi connectivity index (χ2n) is 17.5. The average Bonchev–Trinajstić information content (AvgIpc) is 3.56. The van der Waals surface area contributed by atoms with Crippen LogP contribution in [-0.4, -0.2) is 0 Å². The van der Waals surface area contributed by atoms with Gasteiger partial charge in [-0.2, -0.15) is 0 Å². The predicted molar refractivity (Wildman–Crippen MR) is 245 cm³/mol. The van der Waals surface area contributed by atoms with E-state index in [0.717, 1.165) is 17.1 Å². The van der Waals surface area contributed by atoms with E-state index < -0.39 is 5.41 Å². The van der Waals surface area contributed by atoms with E-state index in [1.54, 1.807) is 0 Å². The molecule has 2 aliphatic carbocycles. The summed E-state index contributed by atoms with van der Waals surface area (Å²) in [4.78, 5) is 2.45. The number of hydrogen-bond acceptors (Lipinski definition) is 1. The first-order chi connectivity index (χ1) is 28.3. The molecule has 10 rings (SSSR count). The van der Waals surface area contributed by atoms with Gasteiger partial charge in [-0.05, 0) is 121 Å². The van der Waals surface area contributed by atoms with E-state index in [0.29, 0.717) is 0 Å². The van der Waals surface area contributed by atoms with Crippen LogP contribution in [0.25, 0.3) is 33.4 Å². The van der Waals surface area contributed by atoms with Crippen molar-refractivity contribution >= 4 is 17.1 Å². The van der Waals surface area contributed by atoms with Crippen molar-refractivity contribution in [3.05, 3.63) is 234 Å². The van der Waals surface area contributed by atoms with Crippen LogP contribution in [0.5, 0.6) is 0 Å². The molecule has 8 aromatic rings. The highest BCUT2D eigenvalue weighted by molar-refractivity contribution is 5.97. The minimum absolute atomic E-state index is 0.108. The summed E-state index contributed by atoms with van der Waals surface area (Å²) in [6.07, 6.45) is 2.39. The lowest BCUT2D eigenvalue weighted by atomic mass is 9.61. The van der Waals surface area contributed by atoms with Crippen LogP contribution in [0.1, 0.15) is 73.9 Å². The van der Waals surface area contributed by atoms with Crippen molar-refractivity contribution in [1.82, 2.24) is 0 Å². The van der Waals surface area contributed by atoms with Crippen molar-refractivity contribution in [3.63, 3.8) is 0 Å². The number of nitrogens with zero attached hydrogens (tertiary/aromatic N) is 1. The molecule has 0 amide bonds. The highest BCUT2D eigenvalue weighted by atomic mass is 15.1. The largest absolute Gasteiger partial charge is 0.310 e. The van der Waals surface area contributed by atoms with Crippen molar-refractivity contribution in [1.29, 1.82) is 0 Å². The van der Waals surface area contributed by atoms with Gasteiger partial charge in [0.2, 0.25) is 0 Å². The lowest BCUT2D eigenvalue weighted by Crippen LogP contribution is -2.34. The van der Waals surface area contributed by atoms with E-state index in [9.17, 15) is 0 Å². The zero-order valence-electron chi connectivity index (χ0n) is 33.9. The molecule has 0 bridgehead atoms. The van der Waals surface area contributed by atoms with Gasteiger partial charge in [0.05, 0.1) is 11.1 Å². The SMILES string of the molecule is CC1(C)CCC(C)(C)c2c(-c3ccc(-c4cc5c(cc4N(c4ccccc4)c4ccccc4)C(c4ccccc4)(c4ccccc4)c4ccccc4-5)cc3)cccc21. The molecule has 0 aromatic heterocycles. The summed E-state index contributed by atoms with van der Waals surface area (Å²) >= 11 is 0.